The Kier molecular flexibility index (Phi) is 5.93. The maximum Gasteiger partial charge on any atom is 0.194 e. The summed E-state index contributed by atoms with van der Waals surface area (Å²) in [5, 5.41) is 0. The summed E-state index contributed by atoms with van der Waals surface area (Å²) in [6, 6.07) is 9.50. The Morgan fingerprint density at radius 2 is 1.73 bits per heavy atom. The molecule has 4 rings (SSSR count). The highest BCUT2D eigenvalue weighted by atomic mass is 19.2. The Labute approximate surface area is 189 Å². The van der Waals surface area contributed by atoms with Gasteiger partial charge in [-0.2, -0.15) is 0 Å². The van der Waals surface area contributed by atoms with E-state index in [2.05, 4.69) is 15.0 Å². The third kappa shape index (κ3) is 4.46. The zero-order chi connectivity index (χ0) is 23.8. The summed E-state index contributed by atoms with van der Waals surface area (Å²) in [7, 11) is 1.60. The van der Waals surface area contributed by atoms with Crippen LogP contribution < -0.4 is 4.74 Å². The van der Waals surface area contributed by atoms with E-state index in [0.29, 0.717) is 23.7 Å². The van der Waals surface area contributed by atoms with E-state index in [0.717, 1.165) is 29.1 Å². The molecule has 8 heteroatoms. The lowest BCUT2D eigenvalue weighted by Gasteiger charge is -2.25. The molecule has 0 unspecified atom stereocenters. The van der Waals surface area contributed by atoms with Crippen LogP contribution in [-0.4, -0.2) is 26.6 Å². The molecule has 0 radical (unpaired) electrons. The fraction of sp³-hybridized carbons (Fsp3) is 0.240. The number of nitrogens with zero attached hydrogens (tertiary/aromatic N) is 4. The summed E-state index contributed by atoms with van der Waals surface area (Å²) in [5.41, 5.74) is 2.67. The zero-order valence-corrected chi connectivity index (χ0v) is 18.7. The van der Waals surface area contributed by atoms with Gasteiger partial charge in [0.1, 0.15) is 11.6 Å². The topological polar surface area (TPSA) is 52.8 Å². The van der Waals surface area contributed by atoms with Gasteiger partial charge in [-0.1, -0.05) is 19.9 Å². The molecular formula is C25H23F3N4O. The van der Waals surface area contributed by atoms with Crippen molar-refractivity contribution < 1.29 is 17.9 Å². The SMILES string of the molecule is COc1cc(Cc2nccc(C(C)(C)c3cc(F)c(F)c(F)c3)n2)ccc1-n1cnc(C)c1. The van der Waals surface area contributed by atoms with Crippen LogP contribution >= 0.6 is 0 Å². The summed E-state index contributed by atoms with van der Waals surface area (Å²) in [6.07, 6.45) is 5.67. The van der Waals surface area contributed by atoms with Crippen molar-refractivity contribution in [3.8, 4) is 11.4 Å². The molecule has 0 N–H and O–H groups in total. The largest absolute Gasteiger partial charge is 0.495 e. The summed E-state index contributed by atoms with van der Waals surface area (Å²) >= 11 is 0. The molecule has 2 heterocycles. The van der Waals surface area contributed by atoms with Crippen molar-refractivity contribution in [2.75, 3.05) is 7.11 Å². The van der Waals surface area contributed by atoms with E-state index < -0.39 is 22.9 Å². The standard InChI is InChI=1S/C25H23F3N4O/c1-15-13-32(14-30-15)20-6-5-16(9-21(20)33-4)10-23-29-8-7-22(31-23)25(2,3)17-11-18(26)24(28)19(27)12-17/h5-9,11-14H,10H2,1-4H3. The molecule has 33 heavy (non-hydrogen) atoms. The molecule has 0 spiro atoms. The first kappa shape index (κ1) is 22.5. The molecule has 0 atom stereocenters. The number of rotatable bonds is 6. The lowest BCUT2D eigenvalue weighted by atomic mass is 9.81. The van der Waals surface area contributed by atoms with Gasteiger partial charge >= 0.3 is 0 Å². The van der Waals surface area contributed by atoms with Crippen molar-refractivity contribution in [3.05, 3.63) is 101 Å². The maximum atomic E-state index is 13.8. The van der Waals surface area contributed by atoms with Gasteiger partial charge in [-0.3, -0.25) is 0 Å². The Bertz CT molecular complexity index is 1290. The van der Waals surface area contributed by atoms with Crippen LogP contribution in [-0.2, 0) is 11.8 Å². The van der Waals surface area contributed by atoms with Gasteiger partial charge in [0.25, 0.3) is 0 Å². The minimum absolute atomic E-state index is 0.283. The van der Waals surface area contributed by atoms with E-state index in [1.54, 1.807) is 39.5 Å². The van der Waals surface area contributed by atoms with Gasteiger partial charge in [-0.15, -0.1) is 0 Å². The second-order valence-corrected chi connectivity index (χ2v) is 8.34. The number of imidazole rings is 1. The van der Waals surface area contributed by atoms with Crippen LogP contribution in [0.5, 0.6) is 5.75 Å². The first-order chi connectivity index (χ1) is 15.7. The van der Waals surface area contributed by atoms with Crippen LogP contribution in [0.25, 0.3) is 5.69 Å². The van der Waals surface area contributed by atoms with Gasteiger partial charge in [-0.25, -0.2) is 28.1 Å². The van der Waals surface area contributed by atoms with Crippen molar-refractivity contribution in [1.82, 2.24) is 19.5 Å². The number of methoxy groups -OCH3 is 1. The van der Waals surface area contributed by atoms with E-state index in [-0.39, 0.29) is 5.56 Å². The zero-order valence-electron chi connectivity index (χ0n) is 18.7. The molecule has 5 nitrogen and oxygen atoms in total. The Morgan fingerprint density at radius 1 is 1.00 bits per heavy atom. The van der Waals surface area contributed by atoms with E-state index in [1.165, 1.54) is 0 Å². The number of ether oxygens (including phenoxy) is 1. The lowest BCUT2D eigenvalue weighted by Crippen LogP contribution is -2.22. The first-order valence-electron chi connectivity index (χ1n) is 10.3. The highest BCUT2D eigenvalue weighted by molar-refractivity contribution is 5.49. The average Bonchev–Trinajstić information content (AvgIpc) is 3.23. The molecule has 0 saturated carbocycles. The fourth-order valence-corrected chi connectivity index (χ4v) is 3.68. The second kappa shape index (κ2) is 8.69. The molecule has 0 amide bonds. The van der Waals surface area contributed by atoms with Gasteiger partial charge in [0.2, 0.25) is 0 Å². The van der Waals surface area contributed by atoms with E-state index in [9.17, 15) is 13.2 Å². The summed E-state index contributed by atoms with van der Waals surface area (Å²) in [5.74, 6) is -2.73. The fourth-order valence-electron chi connectivity index (χ4n) is 3.68. The number of benzene rings is 2. The third-order valence-corrected chi connectivity index (χ3v) is 5.65. The quantitative estimate of drug-likeness (QED) is 0.372. The minimum Gasteiger partial charge on any atom is -0.495 e. The van der Waals surface area contributed by atoms with Crippen molar-refractivity contribution >= 4 is 0 Å². The molecule has 0 saturated heterocycles. The van der Waals surface area contributed by atoms with Crippen LogP contribution in [0.1, 0.15) is 42.2 Å². The summed E-state index contributed by atoms with van der Waals surface area (Å²) < 4.78 is 48.5. The summed E-state index contributed by atoms with van der Waals surface area (Å²) in [4.78, 5) is 13.2. The van der Waals surface area contributed by atoms with Crippen molar-refractivity contribution in [1.29, 1.82) is 0 Å². The third-order valence-electron chi connectivity index (χ3n) is 5.65. The molecule has 0 aliphatic rings. The smallest absolute Gasteiger partial charge is 0.194 e. The van der Waals surface area contributed by atoms with Gasteiger partial charge in [0.15, 0.2) is 17.5 Å². The molecule has 0 aliphatic carbocycles. The van der Waals surface area contributed by atoms with Gasteiger partial charge in [0, 0.05) is 24.2 Å². The van der Waals surface area contributed by atoms with Crippen molar-refractivity contribution in [2.45, 2.75) is 32.6 Å². The molecule has 2 aromatic carbocycles. The highest BCUT2D eigenvalue weighted by Crippen LogP contribution is 2.32. The normalized spacial score (nSPS) is 11.6. The van der Waals surface area contributed by atoms with E-state index in [4.69, 9.17) is 4.74 Å². The monoisotopic (exact) mass is 452 g/mol. The predicted octanol–water partition coefficient (Wildman–Crippen LogP) is 5.31. The Hall–Kier alpha value is -3.68. The van der Waals surface area contributed by atoms with Crippen LogP contribution in [0.3, 0.4) is 0 Å². The number of aromatic nitrogens is 4. The average molecular weight is 452 g/mol. The lowest BCUT2D eigenvalue weighted by molar-refractivity contribution is 0.412. The number of halogens is 3. The van der Waals surface area contributed by atoms with Crippen LogP contribution in [0.15, 0.2) is 55.1 Å². The number of hydrogen-bond acceptors (Lipinski definition) is 4. The predicted molar refractivity (Wildman–Crippen MR) is 118 cm³/mol. The minimum atomic E-state index is -1.49. The Balaban J connectivity index is 1.63. The van der Waals surface area contributed by atoms with Crippen molar-refractivity contribution in [3.63, 3.8) is 0 Å². The van der Waals surface area contributed by atoms with Crippen LogP contribution in [0.4, 0.5) is 13.2 Å². The van der Waals surface area contributed by atoms with E-state index >= 15 is 0 Å². The van der Waals surface area contributed by atoms with Gasteiger partial charge in [0.05, 0.1) is 30.5 Å². The summed E-state index contributed by atoms with van der Waals surface area (Å²) in [6.45, 7) is 5.46. The van der Waals surface area contributed by atoms with E-state index in [1.807, 2.05) is 35.9 Å². The molecule has 0 fully saturated rings. The maximum absolute atomic E-state index is 13.8. The first-order valence-corrected chi connectivity index (χ1v) is 10.3. The Morgan fingerprint density at radius 3 is 2.36 bits per heavy atom. The van der Waals surface area contributed by atoms with Crippen LogP contribution in [0, 0.1) is 24.4 Å². The molecule has 0 bridgehead atoms. The van der Waals surface area contributed by atoms with Crippen molar-refractivity contribution in [2.24, 2.45) is 0 Å². The second-order valence-electron chi connectivity index (χ2n) is 8.34. The number of aryl methyl sites for hydroxylation is 1. The molecule has 2 aromatic heterocycles. The molecule has 4 aromatic rings. The van der Waals surface area contributed by atoms with Gasteiger partial charge < -0.3 is 9.30 Å². The molecular weight excluding hydrogens is 429 g/mol. The van der Waals surface area contributed by atoms with Crippen LogP contribution in [0.2, 0.25) is 0 Å². The highest BCUT2D eigenvalue weighted by Gasteiger charge is 2.28. The van der Waals surface area contributed by atoms with Gasteiger partial charge in [-0.05, 0) is 48.4 Å². The molecule has 170 valence electrons. The molecule has 0 aliphatic heterocycles. The number of hydrogen-bond donors (Lipinski definition) is 0.